The highest BCUT2D eigenvalue weighted by Crippen LogP contribution is 2.60. The summed E-state index contributed by atoms with van der Waals surface area (Å²) >= 11 is 0. The molecule has 118 valence electrons. The fourth-order valence-corrected chi connectivity index (χ4v) is 6.03. The molecule has 4 heteroatoms. The number of carbonyl (C=O) groups is 1. The summed E-state index contributed by atoms with van der Waals surface area (Å²) in [6.07, 6.45) is 8.21. The Balaban J connectivity index is 1.41. The molecule has 21 heavy (non-hydrogen) atoms. The summed E-state index contributed by atoms with van der Waals surface area (Å²) in [6, 6.07) is 0. The van der Waals surface area contributed by atoms with E-state index in [2.05, 4.69) is 5.32 Å². The normalized spacial score (nSPS) is 44.8. The largest absolute Gasteiger partial charge is 0.366 e. The average molecular weight is 292 g/mol. The number of rotatable bonds is 3. The van der Waals surface area contributed by atoms with Crippen LogP contribution >= 0.6 is 0 Å². The molecule has 4 aliphatic carbocycles. The summed E-state index contributed by atoms with van der Waals surface area (Å²) in [7, 11) is 1.99. The lowest BCUT2D eigenvalue weighted by Crippen LogP contribution is -2.54. The van der Waals surface area contributed by atoms with Gasteiger partial charge in [-0.2, -0.15) is 0 Å². The number of likely N-dealkylation sites (N-methyl/N-ethyl adjacent to an activating group) is 1. The van der Waals surface area contributed by atoms with Gasteiger partial charge in [0, 0.05) is 26.7 Å². The molecule has 5 aliphatic rings. The van der Waals surface area contributed by atoms with E-state index in [0.717, 1.165) is 30.8 Å². The summed E-state index contributed by atoms with van der Waals surface area (Å²) in [5, 5.41) is 3.26. The Morgan fingerprint density at radius 1 is 1.19 bits per heavy atom. The highest BCUT2D eigenvalue weighted by atomic mass is 16.5. The summed E-state index contributed by atoms with van der Waals surface area (Å²) in [6.45, 7) is 3.14. The van der Waals surface area contributed by atoms with Gasteiger partial charge < -0.3 is 15.0 Å². The average Bonchev–Trinajstić information content (AvgIpc) is 2.45. The molecule has 1 amide bonds. The molecular formula is C17H28N2O2. The Bertz CT molecular complexity index is 382. The number of carbonyl (C=O) groups excluding carboxylic acids is 1. The summed E-state index contributed by atoms with van der Waals surface area (Å²) in [4.78, 5) is 14.6. The molecule has 5 rings (SSSR count). The molecule has 5 fully saturated rings. The van der Waals surface area contributed by atoms with E-state index >= 15 is 0 Å². The summed E-state index contributed by atoms with van der Waals surface area (Å²) in [5.74, 6) is 3.03. The van der Waals surface area contributed by atoms with Crippen molar-refractivity contribution in [1.82, 2.24) is 10.2 Å². The Morgan fingerprint density at radius 3 is 2.33 bits per heavy atom. The molecule has 1 heterocycles. The molecule has 0 radical (unpaired) electrons. The monoisotopic (exact) mass is 292 g/mol. The van der Waals surface area contributed by atoms with E-state index < -0.39 is 0 Å². The number of hydrogen-bond donors (Lipinski definition) is 1. The van der Waals surface area contributed by atoms with Crippen molar-refractivity contribution in [2.45, 2.75) is 44.6 Å². The number of hydrogen-bond acceptors (Lipinski definition) is 3. The van der Waals surface area contributed by atoms with Crippen molar-refractivity contribution in [2.24, 2.45) is 23.2 Å². The third-order valence-corrected chi connectivity index (χ3v) is 6.32. The zero-order valence-electron chi connectivity index (χ0n) is 13.1. The second kappa shape index (κ2) is 5.24. The van der Waals surface area contributed by atoms with Crippen LogP contribution in [0.4, 0.5) is 0 Å². The van der Waals surface area contributed by atoms with Crippen LogP contribution in [0.15, 0.2) is 0 Å². The molecule has 1 N–H and O–H groups in total. The molecule has 1 unspecified atom stereocenters. The molecular weight excluding hydrogens is 264 g/mol. The van der Waals surface area contributed by atoms with Crippen LogP contribution in [0, 0.1) is 23.2 Å². The van der Waals surface area contributed by atoms with E-state index in [9.17, 15) is 4.79 Å². The van der Waals surface area contributed by atoms with Gasteiger partial charge in [-0.15, -0.1) is 0 Å². The van der Waals surface area contributed by atoms with E-state index in [1.54, 1.807) is 0 Å². The Hall–Kier alpha value is -0.610. The van der Waals surface area contributed by atoms with Crippen molar-refractivity contribution < 1.29 is 9.53 Å². The summed E-state index contributed by atoms with van der Waals surface area (Å²) in [5.41, 5.74) is 0.432. The van der Waals surface area contributed by atoms with Crippen molar-refractivity contribution in [1.29, 1.82) is 0 Å². The van der Waals surface area contributed by atoms with Crippen molar-refractivity contribution in [3.8, 4) is 0 Å². The zero-order valence-corrected chi connectivity index (χ0v) is 13.1. The minimum absolute atomic E-state index is 0.179. The fourth-order valence-electron chi connectivity index (χ4n) is 6.03. The first kappa shape index (κ1) is 14.0. The molecule has 1 aliphatic heterocycles. The molecule has 0 aromatic rings. The van der Waals surface area contributed by atoms with Crippen LogP contribution in [0.5, 0.6) is 0 Å². The first-order valence-electron chi connectivity index (χ1n) is 8.71. The highest BCUT2D eigenvalue weighted by molar-refractivity contribution is 5.81. The Kier molecular flexibility index (Phi) is 3.49. The van der Waals surface area contributed by atoms with Gasteiger partial charge in [-0.25, -0.2) is 0 Å². The lowest BCUT2D eigenvalue weighted by Gasteiger charge is -2.57. The molecule has 0 aromatic carbocycles. The third kappa shape index (κ3) is 2.61. The standard InChI is InChI=1S/C17H28N2O2/c1-19(16(20)15-10-18-2-3-21-15)11-17-7-12-4-13(8-17)6-14(5-12)9-17/h12-15,18H,2-11H2,1H3. The van der Waals surface area contributed by atoms with Crippen molar-refractivity contribution >= 4 is 5.91 Å². The first-order valence-corrected chi connectivity index (χ1v) is 8.71. The lowest BCUT2D eigenvalue weighted by molar-refractivity contribution is -0.148. The maximum atomic E-state index is 12.6. The zero-order chi connectivity index (χ0) is 14.4. The topological polar surface area (TPSA) is 41.6 Å². The van der Waals surface area contributed by atoms with Gasteiger partial charge >= 0.3 is 0 Å². The number of amides is 1. The van der Waals surface area contributed by atoms with Crippen LogP contribution in [0.3, 0.4) is 0 Å². The Morgan fingerprint density at radius 2 is 1.81 bits per heavy atom. The molecule has 0 aromatic heterocycles. The van der Waals surface area contributed by atoms with Crippen molar-refractivity contribution in [3.05, 3.63) is 0 Å². The third-order valence-electron chi connectivity index (χ3n) is 6.32. The predicted octanol–water partition coefficient (Wildman–Crippen LogP) is 1.65. The van der Waals surface area contributed by atoms with Gasteiger partial charge in [-0.1, -0.05) is 0 Å². The van der Waals surface area contributed by atoms with E-state index in [1.165, 1.54) is 38.5 Å². The van der Waals surface area contributed by atoms with Gasteiger partial charge in [0.25, 0.3) is 5.91 Å². The number of nitrogens with one attached hydrogen (secondary N) is 1. The van der Waals surface area contributed by atoms with Gasteiger partial charge in [0.05, 0.1) is 6.61 Å². The van der Waals surface area contributed by atoms with Crippen LogP contribution in [0.2, 0.25) is 0 Å². The second-order valence-corrected chi connectivity index (χ2v) is 8.18. The fraction of sp³-hybridized carbons (Fsp3) is 0.941. The Labute approximate surface area is 127 Å². The molecule has 0 spiro atoms. The maximum Gasteiger partial charge on any atom is 0.252 e. The van der Waals surface area contributed by atoms with E-state index in [1.807, 2.05) is 11.9 Å². The minimum Gasteiger partial charge on any atom is -0.366 e. The molecule has 4 nitrogen and oxygen atoms in total. The van der Waals surface area contributed by atoms with Crippen LogP contribution in [-0.4, -0.2) is 50.2 Å². The van der Waals surface area contributed by atoms with Crippen LogP contribution in [-0.2, 0) is 9.53 Å². The van der Waals surface area contributed by atoms with Gasteiger partial charge in [0.15, 0.2) is 0 Å². The molecule has 1 atom stereocenters. The van der Waals surface area contributed by atoms with Crippen molar-refractivity contribution in [2.75, 3.05) is 33.3 Å². The lowest BCUT2D eigenvalue weighted by atomic mass is 9.49. The first-order chi connectivity index (χ1) is 10.1. The maximum absolute atomic E-state index is 12.6. The van der Waals surface area contributed by atoms with E-state index in [-0.39, 0.29) is 12.0 Å². The molecule has 1 saturated heterocycles. The van der Waals surface area contributed by atoms with E-state index in [4.69, 9.17) is 4.74 Å². The van der Waals surface area contributed by atoms with Gasteiger partial charge in [0.2, 0.25) is 0 Å². The van der Waals surface area contributed by atoms with Crippen molar-refractivity contribution in [3.63, 3.8) is 0 Å². The van der Waals surface area contributed by atoms with Crippen LogP contribution in [0.1, 0.15) is 38.5 Å². The van der Waals surface area contributed by atoms with Crippen LogP contribution < -0.4 is 5.32 Å². The molecule has 4 saturated carbocycles. The minimum atomic E-state index is -0.266. The predicted molar refractivity (Wildman–Crippen MR) is 80.9 cm³/mol. The van der Waals surface area contributed by atoms with Gasteiger partial charge in [0.1, 0.15) is 6.10 Å². The summed E-state index contributed by atoms with van der Waals surface area (Å²) < 4.78 is 5.63. The van der Waals surface area contributed by atoms with E-state index in [0.29, 0.717) is 18.6 Å². The number of nitrogens with zero attached hydrogens (tertiary/aromatic N) is 1. The SMILES string of the molecule is CN(CC12CC3CC(CC(C3)C1)C2)C(=O)C1CNCCO1. The smallest absolute Gasteiger partial charge is 0.252 e. The second-order valence-electron chi connectivity index (χ2n) is 8.18. The number of ether oxygens (including phenoxy) is 1. The van der Waals surface area contributed by atoms with Gasteiger partial charge in [-0.3, -0.25) is 4.79 Å². The number of morpholine rings is 1. The quantitative estimate of drug-likeness (QED) is 0.860. The highest BCUT2D eigenvalue weighted by Gasteiger charge is 2.51. The molecule has 4 bridgehead atoms. The van der Waals surface area contributed by atoms with Gasteiger partial charge in [-0.05, 0) is 61.7 Å². The van der Waals surface area contributed by atoms with Crippen LogP contribution in [0.25, 0.3) is 0 Å².